The number of rotatable bonds is 19. The average molecular weight is 534 g/mol. The van der Waals surface area contributed by atoms with E-state index in [0.29, 0.717) is 64.2 Å². The van der Waals surface area contributed by atoms with Crippen LogP contribution in [-0.4, -0.2) is 81.1 Å². The topological polar surface area (TPSA) is 121 Å². The summed E-state index contributed by atoms with van der Waals surface area (Å²) in [5.41, 5.74) is 1.23. The van der Waals surface area contributed by atoms with E-state index >= 15 is 0 Å². The van der Waals surface area contributed by atoms with Crippen molar-refractivity contribution >= 4 is 17.7 Å². The van der Waals surface area contributed by atoms with Gasteiger partial charge in [0, 0.05) is 19.2 Å². The van der Waals surface area contributed by atoms with Crippen molar-refractivity contribution in [1.29, 1.82) is 0 Å². The van der Waals surface area contributed by atoms with E-state index in [1.165, 1.54) is 18.0 Å². The van der Waals surface area contributed by atoms with E-state index < -0.39 is 10.9 Å². The summed E-state index contributed by atoms with van der Waals surface area (Å²) in [6, 6.07) is 7.44. The Balaban J connectivity index is 1.75. The van der Waals surface area contributed by atoms with Crippen LogP contribution in [0.1, 0.15) is 17.5 Å². The predicted octanol–water partition coefficient (Wildman–Crippen LogP) is 1.95. The van der Waals surface area contributed by atoms with Crippen LogP contribution < -0.4 is 15.7 Å². The van der Waals surface area contributed by atoms with E-state index in [9.17, 15) is 9.59 Å². The number of carbonyl (C=O) groups excluding carboxylic acids is 1. The van der Waals surface area contributed by atoms with Crippen LogP contribution in [0.2, 0.25) is 0 Å². The molecule has 0 saturated heterocycles. The van der Waals surface area contributed by atoms with Gasteiger partial charge >= 0.3 is 5.69 Å². The number of H-pyrrole nitrogens is 1. The van der Waals surface area contributed by atoms with Crippen molar-refractivity contribution in [2.45, 2.75) is 30.2 Å². The van der Waals surface area contributed by atoms with Crippen molar-refractivity contribution in [2.75, 3.05) is 60.0 Å². The van der Waals surface area contributed by atoms with Crippen molar-refractivity contribution in [3.63, 3.8) is 0 Å². The van der Waals surface area contributed by atoms with Crippen LogP contribution in [0.3, 0.4) is 0 Å². The first-order valence-electron chi connectivity index (χ1n) is 11.9. The maximum atomic E-state index is 13.0. The molecule has 1 heterocycles. The van der Waals surface area contributed by atoms with E-state index in [4.69, 9.17) is 30.1 Å². The molecule has 37 heavy (non-hydrogen) atoms. The molecule has 2 rings (SSSR count). The zero-order valence-electron chi connectivity index (χ0n) is 21.3. The van der Waals surface area contributed by atoms with Crippen LogP contribution in [0, 0.1) is 19.3 Å². The molecule has 202 valence electrons. The highest BCUT2D eigenvalue weighted by atomic mass is 32.2. The molecule has 1 unspecified atom stereocenters. The molecule has 0 saturated carbocycles. The zero-order chi connectivity index (χ0) is 26.7. The number of aromatic nitrogens is 2. The third-order valence-electron chi connectivity index (χ3n) is 4.91. The van der Waals surface area contributed by atoms with Crippen LogP contribution >= 0.6 is 11.8 Å². The lowest BCUT2D eigenvalue weighted by Gasteiger charge is -2.17. The number of aryl methyl sites for hydroxylation is 1. The number of aromatic amines is 1. The number of nitrogens with zero attached hydrogens (tertiary/aromatic N) is 1. The molecule has 0 bridgehead atoms. The summed E-state index contributed by atoms with van der Waals surface area (Å²) in [4.78, 5) is 31.1. The van der Waals surface area contributed by atoms with Gasteiger partial charge in [-0.3, -0.25) is 4.79 Å². The van der Waals surface area contributed by atoms with Gasteiger partial charge in [-0.15, -0.1) is 12.3 Å². The Labute approximate surface area is 221 Å². The van der Waals surface area contributed by atoms with Crippen molar-refractivity contribution in [3.8, 4) is 18.1 Å². The molecule has 10 nitrogen and oxygen atoms in total. The summed E-state index contributed by atoms with van der Waals surface area (Å²) < 4.78 is 27.1. The summed E-state index contributed by atoms with van der Waals surface area (Å²) in [5.74, 6) is 3.04. The maximum absolute atomic E-state index is 13.0. The smallest absolute Gasteiger partial charge is 0.345 e. The van der Waals surface area contributed by atoms with Gasteiger partial charge in [0.05, 0.1) is 65.0 Å². The molecule has 0 fully saturated rings. The Kier molecular flexibility index (Phi) is 15.1. The minimum Gasteiger partial charge on any atom is -0.497 e. The normalized spacial score (nSPS) is 11.6. The third kappa shape index (κ3) is 12.8. The molecule has 0 aliphatic rings. The fourth-order valence-corrected chi connectivity index (χ4v) is 3.92. The lowest BCUT2D eigenvalue weighted by molar-refractivity contribution is -0.121. The molecule has 0 radical (unpaired) electrons. The van der Waals surface area contributed by atoms with Gasteiger partial charge in [0.25, 0.3) is 0 Å². The lowest BCUT2D eigenvalue weighted by atomic mass is 10.2. The van der Waals surface area contributed by atoms with Crippen LogP contribution in [0.25, 0.3) is 0 Å². The average Bonchev–Trinajstić information content (AvgIpc) is 2.91. The summed E-state index contributed by atoms with van der Waals surface area (Å²) in [6.07, 6.45) is 7.22. The molecule has 11 heteroatoms. The number of methoxy groups -OCH3 is 1. The predicted molar refractivity (Wildman–Crippen MR) is 141 cm³/mol. The first-order chi connectivity index (χ1) is 18.0. The number of thioether (sulfide) groups is 1. The van der Waals surface area contributed by atoms with E-state index in [1.54, 1.807) is 7.11 Å². The van der Waals surface area contributed by atoms with E-state index in [2.05, 4.69) is 21.2 Å². The van der Waals surface area contributed by atoms with Crippen LogP contribution in [0.5, 0.6) is 5.75 Å². The minimum absolute atomic E-state index is 0.137. The largest absolute Gasteiger partial charge is 0.497 e. The van der Waals surface area contributed by atoms with Crippen molar-refractivity contribution < 1.29 is 28.5 Å². The molecular formula is C26H35N3O7S. The van der Waals surface area contributed by atoms with Gasteiger partial charge in [-0.05, 0) is 30.2 Å². The molecule has 1 atom stereocenters. The molecule has 0 spiro atoms. The van der Waals surface area contributed by atoms with Crippen LogP contribution in [0.15, 0.2) is 40.3 Å². The van der Waals surface area contributed by atoms with Gasteiger partial charge in [0.1, 0.15) is 11.0 Å². The second-order valence-electron chi connectivity index (χ2n) is 7.74. The summed E-state index contributed by atoms with van der Waals surface area (Å²) in [6.45, 7) is 5.34. The molecule has 2 aromatic rings. The van der Waals surface area contributed by atoms with Gasteiger partial charge in [0.2, 0.25) is 5.91 Å². The number of carbonyl (C=O) groups is 1. The van der Waals surface area contributed by atoms with Crippen molar-refractivity contribution in [2.24, 2.45) is 0 Å². The second kappa shape index (κ2) is 18.4. The fourth-order valence-electron chi connectivity index (χ4n) is 2.90. The Bertz CT molecular complexity index is 1020. The Hall–Kier alpha value is -2.88. The van der Waals surface area contributed by atoms with E-state index in [1.807, 2.05) is 31.2 Å². The number of amides is 1. The number of ether oxygens (including phenoxy) is 5. The van der Waals surface area contributed by atoms with Gasteiger partial charge < -0.3 is 34.0 Å². The maximum Gasteiger partial charge on any atom is 0.345 e. The second-order valence-corrected chi connectivity index (χ2v) is 8.95. The minimum atomic E-state index is -0.590. The quantitative estimate of drug-likeness (QED) is 0.121. The van der Waals surface area contributed by atoms with Crippen molar-refractivity contribution in [3.05, 3.63) is 52.1 Å². The number of benzene rings is 1. The first-order valence-corrected chi connectivity index (χ1v) is 12.8. The molecule has 0 aliphatic heterocycles. The monoisotopic (exact) mass is 533 g/mol. The molecule has 0 aliphatic carbocycles. The summed E-state index contributed by atoms with van der Waals surface area (Å²) in [5, 5.41) is 2.92. The molecular weight excluding hydrogens is 498 g/mol. The Morgan fingerprint density at radius 1 is 1.05 bits per heavy atom. The van der Waals surface area contributed by atoms with E-state index in [0.717, 1.165) is 16.9 Å². The van der Waals surface area contributed by atoms with Crippen LogP contribution in [-0.2, 0) is 30.3 Å². The highest BCUT2D eigenvalue weighted by molar-refractivity contribution is 8.00. The summed E-state index contributed by atoms with van der Waals surface area (Å²) >= 11 is 1.23. The molecule has 1 aromatic heterocycles. The SMILES string of the molecule is C#CCCOCCOCCOCCOCC(Sc1[nH]c(=O)ncc1C)C(=O)NCc1ccc(OC)cc1. The molecule has 1 aromatic carbocycles. The highest BCUT2D eigenvalue weighted by Gasteiger charge is 2.22. The van der Waals surface area contributed by atoms with Gasteiger partial charge in [-0.1, -0.05) is 23.9 Å². The van der Waals surface area contributed by atoms with Gasteiger partial charge in [0.15, 0.2) is 0 Å². The van der Waals surface area contributed by atoms with Crippen molar-refractivity contribution in [1.82, 2.24) is 15.3 Å². The van der Waals surface area contributed by atoms with Crippen LogP contribution in [0.4, 0.5) is 0 Å². The van der Waals surface area contributed by atoms with Gasteiger partial charge in [-0.25, -0.2) is 9.78 Å². The number of hydrogen-bond donors (Lipinski definition) is 2. The lowest BCUT2D eigenvalue weighted by Crippen LogP contribution is -2.35. The number of nitrogens with one attached hydrogen (secondary N) is 2. The standard InChI is InChI=1S/C26H35N3O7S/c1-4-5-10-33-11-12-34-13-14-35-15-16-36-19-23(37-25-20(2)17-28-26(31)29-25)24(30)27-18-21-6-8-22(32-3)9-7-21/h1,6-9,17,23H,5,10-16,18-19H2,2-3H3,(H,27,30)(H,28,29,31). The zero-order valence-corrected chi connectivity index (χ0v) is 22.1. The first kappa shape index (κ1) is 30.3. The van der Waals surface area contributed by atoms with E-state index in [-0.39, 0.29) is 12.5 Å². The highest BCUT2D eigenvalue weighted by Crippen LogP contribution is 2.24. The Morgan fingerprint density at radius 2 is 1.68 bits per heavy atom. The number of terminal acetylenes is 1. The van der Waals surface area contributed by atoms with Gasteiger partial charge in [-0.2, -0.15) is 0 Å². The number of hydrogen-bond acceptors (Lipinski definition) is 9. The third-order valence-corrected chi connectivity index (χ3v) is 6.20. The fraction of sp³-hybridized carbons (Fsp3) is 0.500. The molecule has 1 amide bonds. The Morgan fingerprint density at radius 3 is 2.30 bits per heavy atom. The summed E-state index contributed by atoms with van der Waals surface area (Å²) in [7, 11) is 1.60. The molecule has 2 N–H and O–H groups in total.